The van der Waals surface area contributed by atoms with Gasteiger partial charge in [0, 0.05) is 12.0 Å². The van der Waals surface area contributed by atoms with Crippen LogP contribution < -0.4 is 10.6 Å². The second-order valence-corrected chi connectivity index (χ2v) is 8.57. The van der Waals surface area contributed by atoms with Crippen LogP contribution in [0.4, 0.5) is 10.7 Å². The van der Waals surface area contributed by atoms with Gasteiger partial charge in [0.05, 0.1) is 0 Å². The number of aliphatic carboxylic acids is 1. The Kier molecular flexibility index (Phi) is 5.75. The molecule has 0 aliphatic heterocycles. The van der Waals surface area contributed by atoms with E-state index in [-0.39, 0.29) is 24.1 Å². The molecule has 0 radical (unpaired) electrons. The maximum atomic E-state index is 12.4. The lowest BCUT2D eigenvalue weighted by atomic mass is 9.98. The van der Waals surface area contributed by atoms with Crippen LogP contribution >= 0.6 is 0 Å². The summed E-state index contributed by atoms with van der Waals surface area (Å²) in [6, 6.07) is 16.3. The summed E-state index contributed by atoms with van der Waals surface area (Å²) in [5, 5.41) is 17.8. The lowest BCUT2D eigenvalue weighted by Crippen LogP contribution is -2.41. The molecule has 0 saturated heterocycles. The van der Waals surface area contributed by atoms with Crippen LogP contribution in [0.3, 0.4) is 0 Å². The van der Waals surface area contributed by atoms with Gasteiger partial charge >= 0.3 is 12.1 Å². The van der Waals surface area contributed by atoms with Crippen molar-refractivity contribution >= 4 is 23.9 Å². The molecule has 3 aromatic rings. The highest BCUT2D eigenvalue weighted by Crippen LogP contribution is 2.44. The molecule has 0 bridgehead atoms. The Bertz CT molecular complexity index is 1200. The smallest absolute Gasteiger partial charge is 0.414 e. The van der Waals surface area contributed by atoms with Crippen LogP contribution in [0.15, 0.2) is 59.1 Å². The Balaban J connectivity index is 1.18. The number of fused-ring (bicyclic) bond motifs is 3. The molecule has 9 heteroatoms. The maximum Gasteiger partial charge on any atom is 0.414 e. The molecular formula is C25H23N3O6. The van der Waals surface area contributed by atoms with Crippen LogP contribution in [0, 0.1) is 5.92 Å². The van der Waals surface area contributed by atoms with Gasteiger partial charge in [-0.05, 0) is 34.6 Å². The van der Waals surface area contributed by atoms with Crippen molar-refractivity contribution in [3.8, 4) is 11.1 Å². The number of ether oxygens (including phenoxy) is 1. The van der Waals surface area contributed by atoms with E-state index in [4.69, 9.17) is 9.26 Å². The zero-order chi connectivity index (χ0) is 23.7. The molecule has 34 heavy (non-hydrogen) atoms. The Morgan fingerprint density at radius 1 is 1.06 bits per heavy atom. The average Bonchev–Trinajstić information content (AvgIpc) is 3.43. The normalized spacial score (nSPS) is 15.2. The van der Waals surface area contributed by atoms with Crippen molar-refractivity contribution < 1.29 is 28.8 Å². The Morgan fingerprint density at radius 3 is 2.32 bits per heavy atom. The number of anilines is 1. The lowest BCUT2D eigenvalue weighted by Gasteiger charge is -2.14. The van der Waals surface area contributed by atoms with E-state index in [2.05, 4.69) is 27.9 Å². The molecule has 1 aromatic heterocycles. The quantitative estimate of drug-likeness (QED) is 0.462. The van der Waals surface area contributed by atoms with Crippen molar-refractivity contribution in [3.05, 3.63) is 71.4 Å². The van der Waals surface area contributed by atoms with E-state index in [9.17, 15) is 19.5 Å². The van der Waals surface area contributed by atoms with E-state index >= 15 is 0 Å². The van der Waals surface area contributed by atoms with E-state index in [1.165, 1.54) is 6.07 Å². The number of benzene rings is 2. The minimum atomic E-state index is -1.10. The third-order valence-corrected chi connectivity index (χ3v) is 6.18. The third kappa shape index (κ3) is 4.50. The molecule has 2 aliphatic rings. The fourth-order valence-corrected chi connectivity index (χ4v) is 4.32. The fraction of sp³-hybridized carbons (Fsp3) is 0.280. The number of carboxylic acid groups (broad SMARTS) is 1. The summed E-state index contributed by atoms with van der Waals surface area (Å²) >= 11 is 0. The number of rotatable bonds is 8. The van der Waals surface area contributed by atoms with Crippen LogP contribution in [-0.2, 0) is 9.53 Å². The van der Waals surface area contributed by atoms with Gasteiger partial charge in [-0.3, -0.25) is 10.1 Å². The number of hydrogen-bond acceptors (Lipinski definition) is 6. The van der Waals surface area contributed by atoms with Crippen LogP contribution in [-0.4, -0.2) is 40.9 Å². The highest BCUT2D eigenvalue weighted by molar-refractivity contribution is 5.96. The van der Waals surface area contributed by atoms with Gasteiger partial charge in [-0.25, -0.2) is 9.59 Å². The molecule has 1 heterocycles. The first-order valence-electron chi connectivity index (χ1n) is 11.1. The van der Waals surface area contributed by atoms with Crippen LogP contribution in [0.1, 0.15) is 46.8 Å². The first-order chi connectivity index (χ1) is 16.5. The van der Waals surface area contributed by atoms with E-state index in [1.807, 2.05) is 36.4 Å². The molecule has 2 aliphatic carbocycles. The van der Waals surface area contributed by atoms with Crippen molar-refractivity contribution in [1.82, 2.24) is 10.5 Å². The summed E-state index contributed by atoms with van der Waals surface area (Å²) in [7, 11) is 0. The number of nitrogens with zero attached hydrogens (tertiary/aromatic N) is 1. The first kappa shape index (κ1) is 21.7. The molecule has 0 spiro atoms. The Morgan fingerprint density at radius 2 is 1.71 bits per heavy atom. The zero-order valence-electron chi connectivity index (χ0n) is 18.2. The SMILES string of the molecule is O=C(Nc1cc(C(=O)NC(CC2CC2)C(=O)O)no1)OCC1c2ccccc2-c2ccccc21. The van der Waals surface area contributed by atoms with Gasteiger partial charge in [-0.2, -0.15) is 0 Å². The molecule has 3 N–H and O–H groups in total. The van der Waals surface area contributed by atoms with Gasteiger partial charge in [-0.1, -0.05) is 66.5 Å². The van der Waals surface area contributed by atoms with Crippen molar-refractivity contribution in [3.63, 3.8) is 0 Å². The Labute approximate surface area is 195 Å². The topological polar surface area (TPSA) is 131 Å². The van der Waals surface area contributed by atoms with Crippen LogP contribution in [0.5, 0.6) is 0 Å². The molecule has 1 atom stereocenters. The van der Waals surface area contributed by atoms with E-state index in [1.54, 1.807) is 0 Å². The summed E-state index contributed by atoms with van der Waals surface area (Å²) in [6.07, 6.45) is 1.57. The minimum Gasteiger partial charge on any atom is -0.480 e. The zero-order valence-corrected chi connectivity index (χ0v) is 18.2. The predicted octanol–water partition coefficient (Wildman–Crippen LogP) is 4.02. The van der Waals surface area contributed by atoms with Gasteiger partial charge in [-0.15, -0.1) is 0 Å². The van der Waals surface area contributed by atoms with Crippen molar-refractivity contribution in [2.24, 2.45) is 5.92 Å². The number of nitrogens with one attached hydrogen (secondary N) is 2. The van der Waals surface area contributed by atoms with Crippen LogP contribution in [0.2, 0.25) is 0 Å². The highest BCUT2D eigenvalue weighted by atomic mass is 16.6. The van der Waals surface area contributed by atoms with Crippen LogP contribution in [0.25, 0.3) is 11.1 Å². The lowest BCUT2D eigenvalue weighted by molar-refractivity contribution is -0.139. The molecular weight excluding hydrogens is 438 g/mol. The molecule has 2 aromatic carbocycles. The molecule has 174 valence electrons. The predicted molar refractivity (Wildman–Crippen MR) is 121 cm³/mol. The van der Waals surface area contributed by atoms with Crippen molar-refractivity contribution in [2.75, 3.05) is 11.9 Å². The summed E-state index contributed by atoms with van der Waals surface area (Å²) in [6.45, 7) is 0.128. The first-order valence-corrected chi connectivity index (χ1v) is 11.1. The van der Waals surface area contributed by atoms with Gasteiger partial charge in [0.2, 0.25) is 5.88 Å². The molecule has 2 amide bonds. The number of aromatic nitrogens is 1. The van der Waals surface area contributed by atoms with E-state index in [0.717, 1.165) is 35.1 Å². The molecule has 1 fully saturated rings. The second kappa shape index (κ2) is 9.01. The summed E-state index contributed by atoms with van der Waals surface area (Å²) < 4.78 is 10.4. The van der Waals surface area contributed by atoms with E-state index in [0.29, 0.717) is 12.3 Å². The summed E-state index contributed by atoms with van der Waals surface area (Å²) in [5.41, 5.74) is 4.30. The number of amides is 2. The molecule has 1 unspecified atom stereocenters. The van der Waals surface area contributed by atoms with E-state index < -0.39 is 24.0 Å². The number of carboxylic acids is 1. The van der Waals surface area contributed by atoms with Gasteiger partial charge in [0.1, 0.15) is 12.6 Å². The standard InChI is InChI=1S/C25H23N3O6/c29-23(26-21(24(30)31)11-14-9-10-14)20-12-22(34-28-20)27-25(32)33-13-19-17-7-3-1-5-15(17)16-6-2-4-8-18(16)19/h1-8,12,14,19,21H,9-11,13H2,(H,26,29)(H,27,32)(H,30,31). The average molecular weight is 461 g/mol. The minimum absolute atomic E-state index is 0.0727. The molecule has 5 rings (SSSR count). The number of carbonyl (C=O) groups is 3. The van der Waals surface area contributed by atoms with Crippen molar-refractivity contribution in [1.29, 1.82) is 0 Å². The molecule has 1 saturated carbocycles. The fourth-order valence-electron chi connectivity index (χ4n) is 4.32. The number of carbonyl (C=O) groups excluding carboxylic acids is 2. The van der Waals surface area contributed by atoms with Crippen molar-refractivity contribution in [2.45, 2.75) is 31.2 Å². The summed E-state index contributed by atoms with van der Waals surface area (Å²) in [4.78, 5) is 36.1. The second-order valence-electron chi connectivity index (χ2n) is 8.57. The molecule has 9 nitrogen and oxygen atoms in total. The Hall–Kier alpha value is -4.14. The maximum absolute atomic E-state index is 12.4. The van der Waals surface area contributed by atoms with Gasteiger partial charge < -0.3 is 19.7 Å². The number of hydrogen-bond donors (Lipinski definition) is 3. The largest absolute Gasteiger partial charge is 0.480 e. The van der Waals surface area contributed by atoms with Gasteiger partial charge in [0.15, 0.2) is 5.69 Å². The highest BCUT2D eigenvalue weighted by Gasteiger charge is 2.31. The monoisotopic (exact) mass is 461 g/mol. The third-order valence-electron chi connectivity index (χ3n) is 6.18. The summed E-state index contributed by atoms with van der Waals surface area (Å²) in [5.74, 6) is -1.62. The van der Waals surface area contributed by atoms with Gasteiger partial charge in [0.25, 0.3) is 5.91 Å².